The summed E-state index contributed by atoms with van der Waals surface area (Å²) in [6.07, 6.45) is 1.66. The summed E-state index contributed by atoms with van der Waals surface area (Å²) in [4.78, 5) is 11.0. The molecule has 3 unspecified atom stereocenters. The molecule has 1 saturated carbocycles. The number of carboxylic acid groups (broad SMARTS) is 1. The zero-order chi connectivity index (χ0) is 11.5. The normalized spacial score (nSPS) is 28.9. The highest BCUT2D eigenvalue weighted by Crippen LogP contribution is 2.33. The van der Waals surface area contributed by atoms with Crippen LogP contribution < -0.4 is 5.32 Å². The van der Waals surface area contributed by atoms with Gasteiger partial charge in [-0.15, -0.1) is 0 Å². The van der Waals surface area contributed by atoms with Crippen molar-refractivity contribution in [1.82, 2.24) is 0 Å². The molecule has 1 aliphatic rings. The van der Waals surface area contributed by atoms with Gasteiger partial charge in [0.05, 0.1) is 5.92 Å². The molecule has 2 rings (SSSR count). The van der Waals surface area contributed by atoms with Crippen LogP contribution in [-0.2, 0) is 4.79 Å². The lowest BCUT2D eigenvalue weighted by Gasteiger charge is -2.13. The summed E-state index contributed by atoms with van der Waals surface area (Å²) in [7, 11) is 0. The van der Waals surface area contributed by atoms with E-state index in [1.54, 1.807) is 0 Å². The van der Waals surface area contributed by atoms with Crippen LogP contribution in [0, 0.1) is 11.8 Å². The summed E-state index contributed by atoms with van der Waals surface area (Å²) in [5, 5.41) is 12.4. The Morgan fingerprint density at radius 3 is 2.56 bits per heavy atom. The fourth-order valence-corrected chi connectivity index (χ4v) is 2.48. The molecule has 1 aromatic rings. The third-order valence-electron chi connectivity index (χ3n) is 3.34. The Bertz CT molecular complexity index is 363. The van der Waals surface area contributed by atoms with Gasteiger partial charge >= 0.3 is 5.97 Å². The van der Waals surface area contributed by atoms with Crippen molar-refractivity contribution < 1.29 is 9.90 Å². The number of rotatable bonds is 3. The van der Waals surface area contributed by atoms with Gasteiger partial charge in [0, 0.05) is 11.7 Å². The van der Waals surface area contributed by atoms with Crippen LogP contribution >= 0.6 is 0 Å². The maximum Gasteiger partial charge on any atom is 0.306 e. The average molecular weight is 219 g/mol. The maximum absolute atomic E-state index is 11.0. The quantitative estimate of drug-likeness (QED) is 0.821. The van der Waals surface area contributed by atoms with Crippen molar-refractivity contribution in [2.45, 2.75) is 25.8 Å². The highest BCUT2D eigenvalue weighted by Gasteiger charge is 2.35. The van der Waals surface area contributed by atoms with Gasteiger partial charge in [-0.2, -0.15) is 0 Å². The minimum Gasteiger partial charge on any atom is -0.481 e. The van der Waals surface area contributed by atoms with Gasteiger partial charge in [0.2, 0.25) is 0 Å². The molecule has 2 N–H and O–H groups in total. The topological polar surface area (TPSA) is 49.3 Å². The molecule has 1 aromatic carbocycles. The van der Waals surface area contributed by atoms with E-state index in [0.29, 0.717) is 6.04 Å². The second kappa shape index (κ2) is 4.56. The standard InChI is InChI=1S/C13H17NO2/c1-9-7-11(8-12(9)13(15)16)14-10-5-3-2-4-6-10/h2-6,9,11-12,14H,7-8H2,1H3,(H,15,16). The lowest BCUT2D eigenvalue weighted by Crippen LogP contribution is -2.18. The highest BCUT2D eigenvalue weighted by molar-refractivity contribution is 5.71. The first-order valence-electron chi connectivity index (χ1n) is 5.71. The van der Waals surface area contributed by atoms with E-state index < -0.39 is 5.97 Å². The van der Waals surface area contributed by atoms with Crippen molar-refractivity contribution in [2.75, 3.05) is 5.32 Å². The number of nitrogens with one attached hydrogen (secondary N) is 1. The maximum atomic E-state index is 11.0. The minimum atomic E-state index is -0.662. The summed E-state index contributed by atoms with van der Waals surface area (Å²) in [5.41, 5.74) is 1.07. The van der Waals surface area contributed by atoms with E-state index in [0.717, 1.165) is 18.5 Å². The molecule has 0 amide bonds. The van der Waals surface area contributed by atoms with Gasteiger partial charge in [0.1, 0.15) is 0 Å². The number of anilines is 1. The van der Waals surface area contributed by atoms with Gasteiger partial charge in [0.15, 0.2) is 0 Å². The predicted molar refractivity (Wildman–Crippen MR) is 63.4 cm³/mol. The van der Waals surface area contributed by atoms with Crippen LogP contribution in [0.1, 0.15) is 19.8 Å². The van der Waals surface area contributed by atoms with Gasteiger partial charge in [0.25, 0.3) is 0 Å². The van der Waals surface area contributed by atoms with E-state index in [1.807, 2.05) is 37.3 Å². The molecule has 0 radical (unpaired) electrons. The van der Waals surface area contributed by atoms with E-state index in [1.165, 1.54) is 0 Å². The lowest BCUT2D eigenvalue weighted by molar-refractivity contribution is -0.142. The Morgan fingerprint density at radius 1 is 1.31 bits per heavy atom. The molecule has 0 aromatic heterocycles. The highest BCUT2D eigenvalue weighted by atomic mass is 16.4. The monoisotopic (exact) mass is 219 g/mol. The summed E-state index contributed by atoms with van der Waals surface area (Å²) in [6.45, 7) is 2.02. The Morgan fingerprint density at radius 2 is 2.00 bits per heavy atom. The summed E-state index contributed by atoms with van der Waals surface area (Å²) >= 11 is 0. The van der Waals surface area contributed by atoms with Crippen LogP contribution in [0.5, 0.6) is 0 Å². The van der Waals surface area contributed by atoms with Crippen LogP contribution in [0.25, 0.3) is 0 Å². The fourth-order valence-electron chi connectivity index (χ4n) is 2.48. The number of carbonyl (C=O) groups is 1. The lowest BCUT2D eigenvalue weighted by atomic mass is 9.99. The van der Waals surface area contributed by atoms with Crippen molar-refractivity contribution >= 4 is 11.7 Å². The van der Waals surface area contributed by atoms with Crippen LogP contribution in [0.3, 0.4) is 0 Å². The van der Waals surface area contributed by atoms with Crippen LogP contribution in [0.15, 0.2) is 30.3 Å². The molecule has 0 aliphatic heterocycles. The second-order valence-electron chi connectivity index (χ2n) is 4.60. The van der Waals surface area contributed by atoms with Crippen molar-refractivity contribution in [3.63, 3.8) is 0 Å². The van der Waals surface area contributed by atoms with Gasteiger partial charge in [-0.3, -0.25) is 4.79 Å². The zero-order valence-electron chi connectivity index (χ0n) is 9.39. The largest absolute Gasteiger partial charge is 0.481 e. The molecule has 0 saturated heterocycles. The first kappa shape index (κ1) is 11.0. The predicted octanol–water partition coefficient (Wildman–Crippen LogP) is 2.60. The van der Waals surface area contributed by atoms with Crippen molar-refractivity contribution in [3.05, 3.63) is 30.3 Å². The van der Waals surface area contributed by atoms with E-state index in [-0.39, 0.29) is 11.8 Å². The fraction of sp³-hybridized carbons (Fsp3) is 0.462. The first-order chi connectivity index (χ1) is 7.66. The van der Waals surface area contributed by atoms with Gasteiger partial charge in [-0.1, -0.05) is 25.1 Å². The Kier molecular flexibility index (Phi) is 3.13. The summed E-state index contributed by atoms with van der Waals surface area (Å²) in [6, 6.07) is 10.3. The first-order valence-corrected chi connectivity index (χ1v) is 5.71. The molecule has 1 fully saturated rings. The SMILES string of the molecule is CC1CC(Nc2ccccc2)CC1C(=O)O. The van der Waals surface area contributed by atoms with Crippen molar-refractivity contribution in [2.24, 2.45) is 11.8 Å². The van der Waals surface area contributed by atoms with Crippen molar-refractivity contribution in [3.8, 4) is 0 Å². The number of hydrogen-bond acceptors (Lipinski definition) is 2. The van der Waals surface area contributed by atoms with E-state index in [2.05, 4.69) is 5.32 Å². The van der Waals surface area contributed by atoms with Crippen LogP contribution in [0.4, 0.5) is 5.69 Å². The van der Waals surface area contributed by atoms with E-state index >= 15 is 0 Å². The minimum absolute atomic E-state index is 0.193. The average Bonchev–Trinajstić information content (AvgIpc) is 2.61. The smallest absolute Gasteiger partial charge is 0.306 e. The third-order valence-corrected chi connectivity index (χ3v) is 3.34. The zero-order valence-corrected chi connectivity index (χ0v) is 9.39. The summed E-state index contributed by atoms with van der Waals surface area (Å²) < 4.78 is 0. The summed E-state index contributed by atoms with van der Waals surface area (Å²) in [5.74, 6) is -0.593. The number of carboxylic acids is 1. The van der Waals surface area contributed by atoms with Crippen LogP contribution in [-0.4, -0.2) is 17.1 Å². The molecule has 0 spiro atoms. The molecule has 86 valence electrons. The van der Waals surface area contributed by atoms with E-state index in [4.69, 9.17) is 5.11 Å². The Balaban J connectivity index is 1.96. The third kappa shape index (κ3) is 2.35. The van der Waals surface area contributed by atoms with Crippen LogP contribution in [0.2, 0.25) is 0 Å². The van der Waals surface area contributed by atoms with Gasteiger partial charge in [-0.25, -0.2) is 0 Å². The number of hydrogen-bond donors (Lipinski definition) is 2. The second-order valence-corrected chi connectivity index (χ2v) is 4.60. The molecule has 3 heteroatoms. The Hall–Kier alpha value is -1.51. The molecule has 1 aliphatic carbocycles. The molecule has 0 bridgehead atoms. The molecular formula is C13H17NO2. The number of aliphatic carboxylic acids is 1. The molecular weight excluding hydrogens is 202 g/mol. The number of benzene rings is 1. The molecule has 16 heavy (non-hydrogen) atoms. The van der Waals surface area contributed by atoms with Gasteiger partial charge in [-0.05, 0) is 30.9 Å². The Labute approximate surface area is 95.5 Å². The molecule has 0 heterocycles. The molecule has 3 nitrogen and oxygen atoms in total. The van der Waals surface area contributed by atoms with Gasteiger partial charge < -0.3 is 10.4 Å². The van der Waals surface area contributed by atoms with Crippen molar-refractivity contribution in [1.29, 1.82) is 0 Å². The van der Waals surface area contributed by atoms with E-state index in [9.17, 15) is 4.79 Å². The molecule has 3 atom stereocenters. The number of para-hydroxylation sites is 1.